The van der Waals surface area contributed by atoms with Gasteiger partial charge in [-0.2, -0.15) is 0 Å². The highest BCUT2D eigenvalue weighted by Gasteiger charge is 2.36. The maximum Gasteiger partial charge on any atom is 0.346 e. The van der Waals surface area contributed by atoms with E-state index < -0.39 is 24.5 Å². The minimum absolute atomic E-state index is 0.199. The van der Waals surface area contributed by atoms with Crippen molar-refractivity contribution < 1.29 is 38.0 Å². The van der Waals surface area contributed by atoms with E-state index in [2.05, 4.69) is 52.0 Å². The van der Waals surface area contributed by atoms with Crippen molar-refractivity contribution >= 4 is 11.9 Å². The van der Waals surface area contributed by atoms with Crippen LogP contribution in [-0.2, 0) is 34.0 Å². The van der Waals surface area contributed by atoms with E-state index in [1.54, 1.807) is 13.8 Å². The second-order valence-corrected chi connectivity index (χ2v) is 10.5. The van der Waals surface area contributed by atoms with Crippen LogP contribution < -0.4 is 9.47 Å². The first-order valence-corrected chi connectivity index (χ1v) is 13.4. The Labute approximate surface area is 232 Å². The van der Waals surface area contributed by atoms with Gasteiger partial charge in [0.1, 0.15) is 11.5 Å². The molecule has 8 heteroatoms. The number of rotatable bonds is 16. The van der Waals surface area contributed by atoms with Crippen molar-refractivity contribution in [1.82, 2.24) is 0 Å². The number of hydrogen-bond donors (Lipinski definition) is 0. The smallest absolute Gasteiger partial charge is 0.346 e. The standard InChI is InChI=1S/C31H44O8/c1-21(2)17-31(18-22(3)4,25-9-13-27(14-10-25)36-19-29(32)38-23(5)34-7)26-11-15-28(16-12-26)37-20-30(33)39-24(6)35-8/h9-16,21-24H,17-20H2,1-8H3. The van der Waals surface area contributed by atoms with E-state index in [0.29, 0.717) is 23.3 Å². The van der Waals surface area contributed by atoms with E-state index in [0.717, 1.165) is 12.8 Å². The molecule has 2 unspecified atom stereocenters. The van der Waals surface area contributed by atoms with Crippen molar-refractivity contribution in [1.29, 1.82) is 0 Å². The zero-order chi connectivity index (χ0) is 29.0. The molecule has 8 nitrogen and oxygen atoms in total. The van der Waals surface area contributed by atoms with E-state index in [1.165, 1.54) is 25.3 Å². The monoisotopic (exact) mass is 544 g/mol. The van der Waals surface area contributed by atoms with Crippen LogP contribution in [0.15, 0.2) is 48.5 Å². The number of ether oxygens (including phenoxy) is 6. The Morgan fingerprint density at radius 1 is 0.615 bits per heavy atom. The van der Waals surface area contributed by atoms with Gasteiger partial charge in [0.15, 0.2) is 25.8 Å². The van der Waals surface area contributed by atoms with Crippen LogP contribution in [0.25, 0.3) is 0 Å². The second kappa shape index (κ2) is 15.5. The van der Waals surface area contributed by atoms with Crippen LogP contribution >= 0.6 is 0 Å². The lowest BCUT2D eigenvalue weighted by Gasteiger charge is -2.38. The van der Waals surface area contributed by atoms with Gasteiger partial charge in [-0.15, -0.1) is 0 Å². The van der Waals surface area contributed by atoms with Crippen LogP contribution in [0.5, 0.6) is 11.5 Å². The predicted molar refractivity (Wildman–Crippen MR) is 149 cm³/mol. The molecule has 2 rings (SSSR count). The molecule has 0 saturated carbocycles. The molecule has 0 saturated heterocycles. The quantitative estimate of drug-likeness (QED) is 0.191. The number of methoxy groups -OCH3 is 2. The minimum atomic E-state index is -0.624. The lowest BCUT2D eigenvalue weighted by atomic mass is 9.65. The molecule has 0 radical (unpaired) electrons. The van der Waals surface area contributed by atoms with Gasteiger partial charge < -0.3 is 28.4 Å². The Morgan fingerprint density at radius 2 is 0.949 bits per heavy atom. The van der Waals surface area contributed by atoms with Gasteiger partial charge in [0.05, 0.1) is 0 Å². The Morgan fingerprint density at radius 3 is 1.23 bits per heavy atom. The Bertz CT molecular complexity index is 930. The van der Waals surface area contributed by atoms with Crippen molar-refractivity contribution in [2.75, 3.05) is 27.4 Å². The summed E-state index contributed by atoms with van der Waals surface area (Å²) in [5.74, 6) is 1.05. The fourth-order valence-corrected chi connectivity index (χ4v) is 4.67. The molecular formula is C31H44O8. The van der Waals surface area contributed by atoms with Gasteiger partial charge in [-0.3, -0.25) is 0 Å². The molecule has 0 spiro atoms. The molecule has 0 aliphatic rings. The fraction of sp³-hybridized carbons (Fsp3) is 0.548. The van der Waals surface area contributed by atoms with Crippen molar-refractivity contribution in [3.63, 3.8) is 0 Å². The Kier molecular flexibility index (Phi) is 12.7. The van der Waals surface area contributed by atoms with Gasteiger partial charge in [0.2, 0.25) is 0 Å². The molecule has 2 aromatic rings. The largest absolute Gasteiger partial charge is 0.482 e. The van der Waals surface area contributed by atoms with Gasteiger partial charge in [0.25, 0.3) is 0 Å². The predicted octanol–water partition coefficient (Wildman–Crippen LogP) is 5.89. The van der Waals surface area contributed by atoms with Gasteiger partial charge in [-0.25, -0.2) is 9.59 Å². The molecule has 0 heterocycles. The molecule has 2 atom stereocenters. The van der Waals surface area contributed by atoms with E-state index in [1.807, 2.05) is 24.3 Å². The van der Waals surface area contributed by atoms with E-state index in [4.69, 9.17) is 28.4 Å². The second-order valence-electron chi connectivity index (χ2n) is 10.5. The van der Waals surface area contributed by atoms with Crippen molar-refractivity contribution in [3.8, 4) is 11.5 Å². The first kappa shape index (κ1) is 32.1. The number of benzene rings is 2. The van der Waals surface area contributed by atoms with E-state index in [-0.39, 0.29) is 18.6 Å². The first-order chi connectivity index (χ1) is 18.5. The minimum Gasteiger partial charge on any atom is -0.482 e. The zero-order valence-electron chi connectivity index (χ0n) is 24.5. The molecular weight excluding hydrogens is 500 g/mol. The first-order valence-electron chi connectivity index (χ1n) is 13.4. The maximum absolute atomic E-state index is 11.9. The number of esters is 2. The molecule has 216 valence electrons. The topological polar surface area (TPSA) is 89.5 Å². The summed E-state index contributed by atoms with van der Waals surface area (Å²) >= 11 is 0. The van der Waals surface area contributed by atoms with Crippen LogP contribution in [0, 0.1) is 11.8 Å². The highest BCUT2D eigenvalue weighted by Crippen LogP contribution is 2.44. The summed E-state index contributed by atoms with van der Waals surface area (Å²) in [6.07, 6.45) is 0.629. The lowest BCUT2D eigenvalue weighted by molar-refractivity contribution is -0.173. The molecule has 0 aliphatic heterocycles. The normalized spacial score (nSPS) is 13.2. The molecule has 39 heavy (non-hydrogen) atoms. The fourth-order valence-electron chi connectivity index (χ4n) is 4.67. The summed E-state index contributed by atoms with van der Waals surface area (Å²) < 4.78 is 31.4. The Hall–Kier alpha value is -3.10. The van der Waals surface area contributed by atoms with Gasteiger partial charge in [-0.1, -0.05) is 52.0 Å². The molecule has 0 aromatic heterocycles. The van der Waals surface area contributed by atoms with Crippen LogP contribution in [0.3, 0.4) is 0 Å². The van der Waals surface area contributed by atoms with Crippen LogP contribution in [0.4, 0.5) is 0 Å². The third-order valence-corrected chi connectivity index (χ3v) is 6.30. The molecule has 0 fully saturated rings. The van der Waals surface area contributed by atoms with Gasteiger partial charge >= 0.3 is 11.9 Å². The highest BCUT2D eigenvalue weighted by molar-refractivity contribution is 5.71. The third kappa shape index (κ3) is 10.2. The zero-order valence-corrected chi connectivity index (χ0v) is 24.5. The van der Waals surface area contributed by atoms with Gasteiger partial charge in [-0.05, 0) is 73.9 Å². The van der Waals surface area contributed by atoms with Crippen LogP contribution in [-0.4, -0.2) is 52.0 Å². The third-order valence-electron chi connectivity index (χ3n) is 6.30. The van der Waals surface area contributed by atoms with E-state index >= 15 is 0 Å². The number of hydrogen-bond acceptors (Lipinski definition) is 8. The van der Waals surface area contributed by atoms with Crippen molar-refractivity contribution in [2.45, 2.75) is 72.4 Å². The summed E-state index contributed by atoms with van der Waals surface area (Å²) in [5.41, 5.74) is 2.08. The van der Waals surface area contributed by atoms with Crippen LogP contribution in [0.2, 0.25) is 0 Å². The summed E-state index contributed by atoms with van der Waals surface area (Å²) in [5, 5.41) is 0. The average Bonchev–Trinajstić information content (AvgIpc) is 2.90. The number of carbonyl (C=O) groups excluding carboxylic acids is 2. The summed E-state index contributed by atoms with van der Waals surface area (Å²) in [4.78, 5) is 23.9. The van der Waals surface area contributed by atoms with E-state index in [9.17, 15) is 9.59 Å². The molecule has 0 amide bonds. The maximum atomic E-state index is 11.9. The molecule has 0 aliphatic carbocycles. The molecule has 2 aromatic carbocycles. The lowest BCUT2D eigenvalue weighted by Crippen LogP contribution is -2.31. The molecule has 0 N–H and O–H groups in total. The highest BCUT2D eigenvalue weighted by atomic mass is 16.7. The van der Waals surface area contributed by atoms with Crippen molar-refractivity contribution in [3.05, 3.63) is 59.7 Å². The van der Waals surface area contributed by atoms with Gasteiger partial charge in [0, 0.05) is 19.6 Å². The summed E-state index contributed by atoms with van der Waals surface area (Å²) in [6.45, 7) is 11.8. The Balaban J connectivity index is 2.27. The molecule has 0 bridgehead atoms. The summed E-state index contributed by atoms with van der Waals surface area (Å²) in [6, 6.07) is 15.8. The summed E-state index contributed by atoms with van der Waals surface area (Å²) in [7, 11) is 2.94. The average molecular weight is 545 g/mol. The number of carbonyl (C=O) groups is 2. The SMILES string of the molecule is COC(C)OC(=O)COc1ccc(C(CC(C)C)(CC(C)C)c2ccc(OCC(=O)OC(C)OC)cc2)cc1. The van der Waals surface area contributed by atoms with Crippen molar-refractivity contribution in [2.24, 2.45) is 11.8 Å². The van der Waals surface area contributed by atoms with Crippen LogP contribution in [0.1, 0.15) is 65.5 Å².